The van der Waals surface area contributed by atoms with Crippen molar-refractivity contribution in [2.24, 2.45) is 0 Å². The summed E-state index contributed by atoms with van der Waals surface area (Å²) in [5, 5.41) is 11.4. The van der Waals surface area contributed by atoms with Crippen LogP contribution < -0.4 is 14.8 Å². The minimum absolute atomic E-state index is 0.0109. The van der Waals surface area contributed by atoms with Gasteiger partial charge in [-0.1, -0.05) is 0 Å². The summed E-state index contributed by atoms with van der Waals surface area (Å²) in [5.74, 6) is 1.18. The van der Waals surface area contributed by atoms with Gasteiger partial charge in [-0.15, -0.1) is 0 Å². The van der Waals surface area contributed by atoms with E-state index in [1.807, 2.05) is 54.8 Å². The van der Waals surface area contributed by atoms with E-state index >= 15 is 0 Å². The summed E-state index contributed by atoms with van der Waals surface area (Å²) in [6.07, 6.45) is 0. The van der Waals surface area contributed by atoms with Crippen molar-refractivity contribution in [2.75, 3.05) is 19.0 Å². The molecule has 28 heavy (non-hydrogen) atoms. The average Bonchev–Trinajstić information content (AvgIpc) is 3.01. The molecular weight excluding hydrogens is 354 g/mol. The number of carbonyl (C=O) groups is 1. The maximum atomic E-state index is 12.8. The second-order valence-electron chi connectivity index (χ2n) is 6.24. The van der Waals surface area contributed by atoms with Crippen LogP contribution in [0.5, 0.6) is 11.5 Å². The van der Waals surface area contributed by atoms with Crippen LogP contribution >= 0.6 is 0 Å². The number of carbonyl (C=O) groups excluding carboxylic acids is 1. The van der Waals surface area contributed by atoms with Gasteiger partial charge in [0.25, 0.3) is 5.91 Å². The quantitative estimate of drug-likeness (QED) is 0.698. The molecule has 0 aliphatic rings. The molecule has 1 amide bonds. The van der Waals surface area contributed by atoms with Gasteiger partial charge in [0.2, 0.25) is 0 Å². The Kier molecular flexibility index (Phi) is 5.66. The number of benzene rings is 2. The van der Waals surface area contributed by atoms with Crippen molar-refractivity contribution in [3.8, 4) is 23.3 Å². The van der Waals surface area contributed by atoms with E-state index in [1.54, 1.807) is 31.4 Å². The minimum Gasteiger partial charge on any atom is -0.497 e. The topological polar surface area (TPSA) is 76.3 Å². The van der Waals surface area contributed by atoms with E-state index in [-0.39, 0.29) is 12.5 Å². The first-order valence-electron chi connectivity index (χ1n) is 8.78. The second kappa shape index (κ2) is 8.31. The minimum atomic E-state index is -0.182. The lowest BCUT2D eigenvalue weighted by atomic mass is 10.2. The van der Waals surface area contributed by atoms with Gasteiger partial charge in [0.05, 0.1) is 12.7 Å². The standard InChI is InChI=1S/C22H21N3O3/c1-15-14-21(16(2)25(15)18-6-10-19(27-3)11-7-18)22(26)24-17-4-8-20(9-5-17)28-13-12-23/h4-11,14H,13H2,1-3H3,(H,24,26). The van der Waals surface area contributed by atoms with Crippen molar-refractivity contribution in [1.82, 2.24) is 4.57 Å². The number of hydrogen-bond acceptors (Lipinski definition) is 4. The van der Waals surface area contributed by atoms with Gasteiger partial charge in [-0.05, 0) is 68.4 Å². The number of nitriles is 1. The van der Waals surface area contributed by atoms with Crippen molar-refractivity contribution >= 4 is 11.6 Å². The molecule has 0 aliphatic heterocycles. The van der Waals surface area contributed by atoms with Crippen LogP contribution in [0, 0.1) is 25.2 Å². The summed E-state index contributed by atoms with van der Waals surface area (Å²) in [5.41, 5.74) is 4.05. The van der Waals surface area contributed by atoms with E-state index in [1.165, 1.54) is 0 Å². The fraction of sp³-hybridized carbons (Fsp3) is 0.182. The largest absolute Gasteiger partial charge is 0.497 e. The molecule has 3 rings (SSSR count). The molecule has 1 aromatic heterocycles. The molecule has 0 unspecified atom stereocenters. The van der Waals surface area contributed by atoms with Gasteiger partial charge >= 0.3 is 0 Å². The van der Waals surface area contributed by atoms with Gasteiger partial charge in [-0.25, -0.2) is 0 Å². The molecule has 0 spiro atoms. The predicted octanol–water partition coefficient (Wildman–Crippen LogP) is 4.26. The first-order chi connectivity index (χ1) is 13.5. The molecule has 0 bridgehead atoms. The number of anilines is 1. The van der Waals surface area contributed by atoms with Crippen LogP contribution in [0.25, 0.3) is 5.69 Å². The van der Waals surface area contributed by atoms with Crippen molar-refractivity contribution in [2.45, 2.75) is 13.8 Å². The molecule has 1 N–H and O–H groups in total. The summed E-state index contributed by atoms with van der Waals surface area (Å²) in [6.45, 7) is 3.88. The highest BCUT2D eigenvalue weighted by Gasteiger charge is 2.17. The van der Waals surface area contributed by atoms with E-state index in [2.05, 4.69) is 5.32 Å². The highest BCUT2D eigenvalue weighted by Crippen LogP contribution is 2.24. The molecule has 0 saturated heterocycles. The van der Waals surface area contributed by atoms with Gasteiger partial charge in [0, 0.05) is 22.8 Å². The maximum Gasteiger partial charge on any atom is 0.257 e. The van der Waals surface area contributed by atoms with Crippen LogP contribution in [0.3, 0.4) is 0 Å². The van der Waals surface area contributed by atoms with E-state index in [4.69, 9.17) is 14.7 Å². The lowest BCUT2D eigenvalue weighted by molar-refractivity contribution is 0.102. The Labute approximate surface area is 163 Å². The molecule has 0 radical (unpaired) electrons. The third-order valence-corrected chi connectivity index (χ3v) is 4.42. The number of methoxy groups -OCH3 is 1. The van der Waals surface area contributed by atoms with Gasteiger partial charge in [0.1, 0.15) is 17.6 Å². The fourth-order valence-corrected chi connectivity index (χ4v) is 3.07. The lowest BCUT2D eigenvalue weighted by Gasteiger charge is -2.11. The molecular formula is C22H21N3O3. The first kappa shape index (κ1) is 19.1. The Hall–Kier alpha value is -3.72. The molecule has 142 valence electrons. The highest BCUT2D eigenvalue weighted by atomic mass is 16.5. The summed E-state index contributed by atoms with van der Waals surface area (Å²) in [6, 6.07) is 18.4. The number of amides is 1. The third kappa shape index (κ3) is 3.99. The Morgan fingerprint density at radius 1 is 1.07 bits per heavy atom. The zero-order valence-electron chi connectivity index (χ0n) is 16.0. The average molecular weight is 375 g/mol. The van der Waals surface area contributed by atoms with Crippen LogP contribution in [0.2, 0.25) is 0 Å². The van der Waals surface area contributed by atoms with Crippen LogP contribution in [-0.2, 0) is 0 Å². The van der Waals surface area contributed by atoms with E-state index in [0.29, 0.717) is 17.0 Å². The van der Waals surface area contributed by atoms with Gasteiger partial charge < -0.3 is 19.4 Å². The number of ether oxygens (including phenoxy) is 2. The van der Waals surface area contributed by atoms with Gasteiger partial charge in [-0.3, -0.25) is 4.79 Å². The SMILES string of the molecule is COc1ccc(-n2c(C)cc(C(=O)Nc3ccc(OCC#N)cc3)c2C)cc1. The summed E-state index contributed by atoms with van der Waals surface area (Å²) >= 11 is 0. The lowest BCUT2D eigenvalue weighted by Crippen LogP contribution is -2.13. The maximum absolute atomic E-state index is 12.8. The molecule has 0 aliphatic carbocycles. The van der Waals surface area contributed by atoms with Gasteiger partial charge in [0.15, 0.2) is 6.61 Å². The van der Waals surface area contributed by atoms with Crippen LogP contribution in [-0.4, -0.2) is 24.2 Å². The Morgan fingerprint density at radius 3 is 2.32 bits per heavy atom. The number of rotatable bonds is 6. The van der Waals surface area contributed by atoms with E-state index in [0.717, 1.165) is 22.8 Å². The monoisotopic (exact) mass is 375 g/mol. The molecule has 3 aromatic rings. The zero-order chi connectivity index (χ0) is 20.1. The molecule has 1 heterocycles. The van der Waals surface area contributed by atoms with Crippen LogP contribution in [0.1, 0.15) is 21.7 Å². The number of nitrogens with zero attached hydrogens (tertiary/aromatic N) is 2. The summed E-state index contributed by atoms with van der Waals surface area (Å²) < 4.78 is 12.5. The third-order valence-electron chi connectivity index (χ3n) is 4.42. The normalized spacial score (nSPS) is 10.2. The van der Waals surface area contributed by atoms with Crippen LogP contribution in [0.4, 0.5) is 5.69 Å². The fourth-order valence-electron chi connectivity index (χ4n) is 3.07. The molecule has 0 saturated carbocycles. The van der Waals surface area contributed by atoms with E-state index < -0.39 is 0 Å². The highest BCUT2D eigenvalue weighted by molar-refractivity contribution is 6.05. The van der Waals surface area contributed by atoms with E-state index in [9.17, 15) is 4.79 Å². The predicted molar refractivity (Wildman–Crippen MR) is 107 cm³/mol. The summed E-state index contributed by atoms with van der Waals surface area (Å²) in [7, 11) is 1.63. The Balaban J connectivity index is 1.80. The number of nitrogens with one attached hydrogen (secondary N) is 1. The molecule has 0 fully saturated rings. The first-order valence-corrected chi connectivity index (χ1v) is 8.78. The van der Waals surface area contributed by atoms with Crippen LogP contribution in [0.15, 0.2) is 54.6 Å². The van der Waals surface area contributed by atoms with Crippen molar-refractivity contribution in [3.63, 3.8) is 0 Å². The number of hydrogen-bond donors (Lipinski definition) is 1. The molecule has 6 nitrogen and oxygen atoms in total. The number of aromatic nitrogens is 1. The van der Waals surface area contributed by atoms with Crippen molar-refractivity contribution < 1.29 is 14.3 Å². The Morgan fingerprint density at radius 2 is 1.71 bits per heavy atom. The van der Waals surface area contributed by atoms with Crippen molar-refractivity contribution in [1.29, 1.82) is 5.26 Å². The smallest absolute Gasteiger partial charge is 0.257 e. The zero-order valence-corrected chi connectivity index (χ0v) is 16.0. The number of aryl methyl sites for hydroxylation is 1. The molecule has 2 aromatic carbocycles. The Bertz CT molecular complexity index is 1010. The second-order valence-corrected chi connectivity index (χ2v) is 6.24. The molecule has 0 atom stereocenters. The van der Waals surface area contributed by atoms with Gasteiger partial charge in [-0.2, -0.15) is 5.26 Å². The molecule has 6 heteroatoms. The van der Waals surface area contributed by atoms with Crippen molar-refractivity contribution in [3.05, 3.63) is 71.5 Å². The summed E-state index contributed by atoms with van der Waals surface area (Å²) in [4.78, 5) is 12.8.